The van der Waals surface area contributed by atoms with Crippen LogP contribution in [0.25, 0.3) is 0 Å². The van der Waals surface area contributed by atoms with E-state index in [-0.39, 0.29) is 24.6 Å². The fourth-order valence-corrected chi connectivity index (χ4v) is 2.41. The van der Waals surface area contributed by atoms with E-state index in [4.69, 9.17) is 5.11 Å². The average Bonchev–Trinajstić information content (AvgIpc) is 3.03. The number of aromatic carboxylic acids is 1. The molecule has 6 nitrogen and oxygen atoms in total. The molecule has 0 aliphatic carbocycles. The van der Waals surface area contributed by atoms with E-state index in [1.165, 1.54) is 17.4 Å². The van der Waals surface area contributed by atoms with Crippen molar-refractivity contribution in [2.75, 3.05) is 11.9 Å². The second kappa shape index (κ2) is 7.50. The summed E-state index contributed by atoms with van der Waals surface area (Å²) in [7, 11) is 0. The van der Waals surface area contributed by atoms with Gasteiger partial charge in [-0.2, -0.15) is 11.3 Å². The molecule has 0 bridgehead atoms. The van der Waals surface area contributed by atoms with E-state index in [0.29, 0.717) is 5.56 Å². The molecule has 0 fully saturated rings. The van der Waals surface area contributed by atoms with Gasteiger partial charge in [0.25, 0.3) is 5.91 Å². The molecule has 0 spiro atoms. The van der Waals surface area contributed by atoms with Crippen LogP contribution in [0.4, 0.5) is 10.1 Å². The summed E-state index contributed by atoms with van der Waals surface area (Å²) in [6.07, 6.45) is 0.00958. The number of carboxylic acids is 1. The summed E-state index contributed by atoms with van der Waals surface area (Å²) in [6, 6.07) is 4.95. The first-order valence-electron chi connectivity index (χ1n) is 6.60. The van der Waals surface area contributed by atoms with Gasteiger partial charge in [0.1, 0.15) is 5.82 Å². The number of benzene rings is 1. The number of rotatable bonds is 6. The molecular weight excluding hydrogens is 323 g/mol. The van der Waals surface area contributed by atoms with Gasteiger partial charge < -0.3 is 15.7 Å². The van der Waals surface area contributed by atoms with Crippen molar-refractivity contribution in [3.8, 4) is 0 Å². The standard InChI is InChI=1S/C15H13FN2O4S/c16-12-2-1-10(7-11(12)15(21)22)18-13(19)3-5-17-14(20)9-4-6-23-8-9/h1-2,4,6-8H,3,5H2,(H,17,20)(H,18,19)(H,21,22). The topological polar surface area (TPSA) is 95.5 Å². The summed E-state index contributed by atoms with van der Waals surface area (Å²) in [6.45, 7) is 0.132. The van der Waals surface area contributed by atoms with E-state index >= 15 is 0 Å². The fraction of sp³-hybridized carbons (Fsp3) is 0.133. The number of hydrogen-bond acceptors (Lipinski definition) is 4. The average molecular weight is 336 g/mol. The Morgan fingerprint density at radius 1 is 1.22 bits per heavy atom. The second-order valence-corrected chi connectivity index (χ2v) is 5.35. The maximum absolute atomic E-state index is 13.2. The summed E-state index contributed by atoms with van der Waals surface area (Å²) in [5.41, 5.74) is 0.187. The molecule has 0 aliphatic rings. The van der Waals surface area contributed by atoms with Crippen molar-refractivity contribution < 1.29 is 23.9 Å². The largest absolute Gasteiger partial charge is 0.478 e. The first-order valence-corrected chi connectivity index (χ1v) is 7.54. The van der Waals surface area contributed by atoms with Gasteiger partial charge in [-0.3, -0.25) is 9.59 Å². The Kier molecular flexibility index (Phi) is 5.42. The van der Waals surface area contributed by atoms with Crippen LogP contribution in [0, 0.1) is 5.82 Å². The van der Waals surface area contributed by atoms with Gasteiger partial charge in [0.05, 0.1) is 5.56 Å². The lowest BCUT2D eigenvalue weighted by Crippen LogP contribution is -2.27. The molecule has 1 heterocycles. The molecule has 0 unspecified atom stereocenters. The van der Waals surface area contributed by atoms with Crippen LogP contribution in [-0.4, -0.2) is 29.4 Å². The SMILES string of the molecule is O=C(CCNC(=O)c1ccsc1)Nc1ccc(F)c(C(=O)O)c1. The number of anilines is 1. The highest BCUT2D eigenvalue weighted by molar-refractivity contribution is 7.08. The molecule has 0 aliphatic heterocycles. The number of carbonyl (C=O) groups is 3. The summed E-state index contributed by atoms with van der Waals surface area (Å²) in [5.74, 6) is -2.98. The molecule has 120 valence electrons. The Morgan fingerprint density at radius 3 is 2.65 bits per heavy atom. The van der Waals surface area contributed by atoms with Crippen LogP contribution in [-0.2, 0) is 4.79 Å². The third kappa shape index (κ3) is 4.62. The van der Waals surface area contributed by atoms with Crippen molar-refractivity contribution in [1.29, 1.82) is 0 Å². The van der Waals surface area contributed by atoms with Crippen molar-refractivity contribution in [1.82, 2.24) is 5.32 Å². The van der Waals surface area contributed by atoms with E-state index in [1.54, 1.807) is 16.8 Å². The van der Waals surface area contributed by atoms with Crippen LogP contribution in [0.3, 0.4) is 0 Å². The van der Waals surface area contributed by atoms with Crippen molar-refractivity contribution >= 4 is 34.8 Å². The zero-order valence-corrected chi connectivity index (χ0v) is 12.7. The Morgan fingerprint density at radius 2 is 2.00 bits per heavy atom. The molecule has 0 atom stereocenters. The smallest absolute Gasteiger partial charge is 0.338 e. The highest BCUT2D eigenvalue weighted by Crippen LogP contribution is 2.15. The molecule has 1 aromatic carbocycles. The lowest BCUT2D eigenvalue weighted by molar-refractivity contribution is -0.116. The number of nitrogens with one attached hydrogen (secondary N) is 2. The lowest BCUT2D eigenvalue weighted by Gasteiger charge is -2.07. The zero-order chi connectivity index (χ0) is 16.8. The summed E-state index contributed by atoms with van der Waals surface area (Å²) >= 11 is 1.40. The Labute approximate surface area is 134 Å². The molecular formula is C15H13FN2O4S. The molecule has 23 heavy (non-hydrogen) atoms. The van der Waals surface area contributed by atoms with Crippen LogP contribution < -0.4 is 10.6 Å². The van der Waals surface area contributed by atoms with Gasteiger partial charge in [-0.05, 0) is 29.6 Å². The van der Waals surface area contributed by atoms with Crippen molar-refractivity contribution in [2.45, 2.75) is 6.42 Å². The van der Waals surface area contributed by atoms with Crippen LogP contribution in [0.15, 0.2) is 35.0 Å². The molecule has 2 aromatic rings. The van der Waals surface area contributed by atoms with Crippen LogP contribution in [0.5, 0.6) is 0 Å². The Hall–Kier alpha value is -2.74. The minimum atomic E-state index is -1.42. The number of hydrogen-bond donors (Lipinski definition) is 3. The minimum Gasteiger partial charge on any atom is -0.478 e. The third-order valence-electron chi connectivity index (χ3n) is 2.90. The quantitative estimate of drug-likeness (QED) is 0.754. The summed E-state index contributed by atoms with van der Waals surface area (Å²) in [4.78, 5) is 34.2. The summed E-state index contributed by atoms with van der Waals surface area (Å²) < 4.78 is 13.2. The molecule has 2 amide bonds. The molecule has 8 heteroatoms. The van der Waals surface area contributed by atoms with Crippen LogP contribution in [0.1, 0.15) is 27.1 Å². The van der Waals surface area contributed by atoms with Gasteiger partial charge in [0.15, 0.2) is 0 Å². The van der Waals surface area contributed by atoms with Gasteiger partial charge in [-0.1, -0.05) is 0 Å². The van der Waals surface area contributed by atoms with Gasteiger partial charge >= 0.3 is 5.97 Å². The van der Waals surface area contributed by atoms with E-state index in [1.807, 2.05) is 0 Å². The van der Waals surface area contributed by atoms with Crippen LogP contribution >= 0.6 is 11.3 Å². The van der Waals surface area contributed by atoms with E-state index < -0.39 is 23.3 Å². The Bertz CT molecular complexity index is 731. The first-order chi connectivity index (χ1) is 11.0. The van der Waals surface area contributed by atoms with Gasteiger partial charge in [-0.15, -0.1) is 0 Å². The molecule has 2 rings (SSSR count). The predicted octanol–water partition coefficient (Wildman–Crippen LogP) is 2.34. The van der Waals surface area contributed by atoms with Crippen molar-refractivity contribution in [3.05, 3.63) is 52.0 Å². The maximum Gasteiger partial charge on any atom is 0.338 e. The first kappa shape index (κ1) is 16.6. The molecule has 3 N–H and O–H groups in total. The number of amides is 2. The molecule has 0 saturated heterocycles. The molecule has 1 aromatic heterocycles. The van der Waals surface area contributed by atoms with E-state index in [0.717, 1.165) is 12.1 Å². The van der Waals surface area contributed by atoms with Gasteiger partial charge in [-0.25, -0.2) is 9.18 Å². The van der Waals surface area contributed by atoms with E-state index in [9.17, 15) is 18.8 Å². The van der Waals surface area contributed by atoms with Crippen LogP contribution in [0.2, 0.25) is 0 Å². The summed E-state index contributed by atoms with van der Waals surface area (Å²) in [5, 5.41) is 17.3. The Balaban J connectivity index is 1.84. The van der Waals surface area contributed by atoms with Crippen molar-refractivity contribution in [2.24, 2.45) is 0 Å². The predicted molar refractivity (Wildman–Crippen MR) is 83.3 cm³/mol. The highest BCUT2D eigenvalue weighted by Gasteiger charge is 2.12. The number of carbonyl (C=O) groups excluding carboxylic acids is 2. The molecule has 0 radical (unpaired) electrons. The minimum absolute atomic E-state index is 0.00958. The highest BCUT2D eigenvalue weighted by atomic mass is 32.1. The molecule has 0 saturated carbocycles. The van der Waals surface area contributed by atoms with Gasteiger partial charge in [0.2, 0.25) is 5.91 Å². The third-order valence-corrected chi connectivity index (χ3v) is 3.58. The maximum atomic E-state index is 13.2. The number of thiophene rings is 1. The van der Waals surface area contributed by atoms with Gasteiger partial charge in [0, 0.05) is 29.6 Å². The van der Waals surface area contributed by atoms with Crippen molar-refractivity contribution in [3.63, 3.8) is 0 Å². The zero-order valence-electron chi connectivity index (χ0n) is 11.8. The lowest BCUT2D eigenvalue weighted by atomic mass is 10.2. The fourth-order valence-electron chi connectivity index (χ4n) is 1.78. The second-order valence-electron chi connectivity index (χ2n) is 4.57. The normalized spacial score (nSPS) is 10.1. The number of carboxylic acid groups (broad SMARTS) is 1. The monoisotopic (exact) mass is 336 g/mol. The van der Waals surface area contributed by atoms with E-state index in [2.05, 4.69) is 10.6 Å². The number of halogens is 1.